The minimum absolute atomic E-state index is 0.128. The molecule has 1 saturated heterocycles. The van der Waals surface area contributed by atoms with Gasteiger partial charge in [-0.3, -0.25) is 9.69 Å². The Hall–Kier alpha value is -3.59. The van der Waals surface area contributed by atoms with Crippen LogP contribution in [0, 0.1) is 18.2 Å². The quantitative estimate of drug-likeness (QED) is 0.512. The maximum Gasteiger partial charge on any atom is 0.329 e. The van der Waals surface area contributed by atoms with Crippen LogP contribution < -0.4 is 10.1 Å². The number of carbonyl (C=O) groups is 2. The van der Waals surface area contributed by atoms with Gasteiger partial charge in [0.05, 0.1) is 6.54 Å². The molecule has 3 rings (SSSR count). The number of rotatable bonds is 5. The zero-order valence-electron chi connectivity index (χ0n) is 13.7. The first-order chi connectivity index (χ1) is 12.6. The summed E-state index contributed by atoms with van der Waals surface area (Å²) in [5.74, 6) is 2.00. The molecule has 0 unspecified atom stereocenters. The summed E-state index contributed by atoms with van der Waals surface area (Å²) in [6, 6.07) is 12.3. The predicted molar refractivity (Wildman–Crippen MR) is 94.2 cm³/mol. The molecule has 1 N–H and O–H groups in total. The van der Waals surface area contributed by atoms with Crippen molar-refractivity contribution in [1.82, 2.24) is 10.2 Å². The van der Waals surface area contributed by atoms with Gasteiger partial charge >= 0.3 is 6.03 Å². The molecule has 6 heteroatoms. The van der Waals surface area contributed by atoms with Crippen molar-refractivity contribution in [2.75, 3.05) is 6.61 Å². The molecule has 0 saturated carbocycles. The smallest absolute Gasteiger partial charge is 0.329 e. The summed E-state index contributed by atoms with van der Waals surface area (Å²) in [6.45, 7) is 0.0352. The van der Waals surface area contributed by atoms with Gasteiger partial charge in [0.15, 0.2) is 0 Å². The van der Waals surface area contributed by atoms with Crippen molar-refractivity contribution < 1.29 is 18.7 Å². The maximum atomic E-state index is 13.8. The van der Waals surface area contributed by atoms with Gasteiger partial charge in [0.2, 0.25) is 0 Å². The zero-order chi connectivity index (χ0) is 18.5. The van der Waals surface area contributed by atoms with Crippen molar-refractivity contribution in [3.63, 3.8) is 0 Å². The van der Waals surface area contributed by atoms with Gasteiger partial charge in [-0.1, -0.05) is 36.3 Å². The first-order valence-corrected chi connectivity index (χ1v) is 7.83. The first kappa shape index (κ1) is 17.2. The average molecular weight is 350 g/mol. The molecular formula is C20H15FN2O3. The van der Waals surface area contributed by atoms with Crippen LogP contribution in [0.3, 0.4) is 0 Å². The summed E-state index contributed by atoms with van der Waals surface area (Å²) in [5, 5.41) is 2.51. The minimum atomic E-state index is -0.585. The van der Waals surface area contributed by atoms with Gasteiger partial charge in [0.1, 0.15) is 23.9 Å². The molecule has 0 bridgehead atoms. The topological polar surface area (TPSA) is 58.6 Å². The molecule has 130 valence electrons. The van der Waals surface area contributed by atoms with Crippen LogP contribution in [-0.2, 0) is 11.3 Å². The van der Waals surface area contributed by atoms with Gasteiger partial charge in [0, 0.05) is 5.56 Å². The molecule has 0 spiro atoms. The molecule has 0 atom stereocenters. The van der Waals surface area contributed by atoms with Gasteiger partial charge in [-0.2, -0.15) is 0 Å². The number of urea groups is 1. The Morgan fingerprint density at radius 1 is 1.15 bits per heavy atom. The van der Waals surface area contributed by atoms with E-state index in [4.69, 9.17) is 11.2 Å². The Morgan fingerprint density at radius 2 is 1.88 bits per heavy atom. The number of halogens is 1. The fourth-order valence-electron chi connectivity index (χ4n) is 2.46. The third-order valence-electron chi connectivity index (χ3n) is 3.76. The highest BCUT2D eigenvalue weighted by Crippen LogP contribution is 2.19. The molecule has 5 nitrogen and oxygen atoms in total. The van der Waals surface area contributed by atoms with E-state index >= 15 is 0 Å². The van der Waals surface area contributed by atoms with E-state index in [9.17, 15) is 14.0 Å². The first-order valence-electron chi connectivity index (χ1n) is 7.83. The van der Waals surface area contributed by atoms with E-state index < -0.39 is 17.8 Å². The molecule has 1 heterocycles. The third-order valence-corrected chi connectivity index (χ3v) is 3.76. The Balaban J connectivity index is 1.75. The number of amides is 3. The Morgan fingerprint density at radius 3 is 2.58 bits per heavy atom. The Kier molecular flexibility index (Phi) is 4.99. The van der Waals surface area contributed by atoms with Gasteiger partial charge in [0.25, 0.3) is 5.91 Å². The molecule has 3 amide bonds. The fourth-order valence-corrected chi connectivity index (χ4v) is 2.46. The van der Waals surface area contributed by atoms with Crippen molar-refractivity contribution in [3.05, 3.63) is 71.2 Å². The van der Waals surface area contributed by atoms with Crippen LogP contribution in [0.2, 0.25) is 0 Å². The van der Waals surface area contributed by atoms with E-state index in [-0.39, 0.29) is 24.4 Å². The highest BCUT2D eigenvalue weighted by molar-refractivity contribution is 6.13. The van der Waals surface area contributed by atoms with Crippen molar-refractivity contribution in [3.8, 4) is 18.1 Å². The normalized spacial score (nSPS) is 15.1. The van der Waals surface area contributed by atoms with Crippen molar-refractivity contribution in [2.24, 2.45) is 0 Å². The lowest BCUT2D eigenvalue weighted by molar-refractivity contribution is -0.123. The molecule has 1 aliphatic heterocycles. The van der Waals surface area contributed by atoms with Crippen molar-refractivity contribution in [1.29, 1.82) is 0 Å². The van der Waals surface area contributed by atoms with Crippen LogP contribution in [0.25, 0.3) is 6.08 Å². The second-order valence-electron chi connectivity index (χ2n) is 5.53. The number of hydrogen-bond donors (Lipinski definition) is 1. The average Bonchev–Trinajstić information content (AvgIpc) is 2.90. The monoisotopic (exact) mass is 350 g/mol. The van der Waals surface area contributed by atoms with Crippen LogP contribution in [-0.4, -0.2) is 23.4 Å². The molecule has 2 aromatic carbocycles. The van der Waals surface area contributed by atoms with Crippen molar-refractivity contribution in [2.45, 2.75) is 6.54 Å². The Bertz CT molecular complexity index is 913. The molecule has 1 fully saturated rings. The lowest BCUT2D eigenvalue weighted by atomic mass is 10.1. The summed E-state index contributed by atoms with van der Waals surface area (Å²) in [6.07, 6.45) is 6.68. The summed E-state index contributed by atoms with van der Waals surface area (Å²) in [4.78, 5) is 25.5. The second-order valence-corrected chi connectivity index (χ2v) is 5.53. The third kappa shape index (κ3) is 3.73. The van der Waals surface area contributed by atoms with Crippen LogP contribution in [0.1, 0.15) is 11.1 Å². The number of benzene rings is 2. The molecule has 0 radical (unpaired) electrons. The Labute approximate surface area is 150 Å². The van der Waals surface area contributed by atoms with Gasteiger partial charge in [-0.25, -0.2) is 9.18 Å². The van der Waals surface area contributed by atoms with Gasteiger partial charge in [-0.05, 0) is 29.8 Å². The van der Waals surface area contributed by atoms with Crippen LogP contribution in [0.4, 0.5) is 9.18 Å². The van der Waals surface area contributed by atoms with E-state index in [1.807, 2.05) is 0 Å². The van der Waals surface area contributed by atoms with E-state index in [0.29, 0.717) is 11.3 Å². The summed E-state index contributed by atoms with van der Waals surface area (Å²) >= 11 is 0. The number of nitrogens with zero attached hydrogens (tertiary/aromatic N) is 1. The number of hydrogen-bond acceptors (Lipinski definition) is 3. The van der Waals surface area contributed by atoms with E-state index in [1.54, 1.807) is 42.5 Å². The van der Waals surface area contributed by atoms with E-state index in [2.05, 4.69) is 11.2 Å². The number of ether oxygens (including phenoxy) is 1. The number of terminal acetylenes is 1. The fraction of sp³-hybridized carbons (Fsp3) is 0.100. The van der Waals surface area contributed by atoms with Crippen LogP contribution >= 0.6 is 0 Å². The van der Waals surface area contributed by atoms with E-state index in [0.717, 1.165) is 4.90 Å². The molecule has 2 aromatic rings. The van der Waals surface area contributed by atoms with Gasteiger partial charge < -0.3 is 10.1 Å². The summed E-state index contributed by atoms with van der Waals surface area (Å²) in [5.41, 5.74) is 1.10. The predicted octanol–water partition coefficient (Wildman–Crippen LogP) is 2.93. The summed E-state index contributed by atoms with van der Waals surface area (Å²) < 4.78 is 19.0. The lowest BCUT2D eigenvalue weighted by Gasteiger charge is -2.12. The zero-order valence-corrected chi connectivity index (χ0v) is 13.7. The lowest BCUT2D eigenvalue weighted by Crippen LogP contribution is -2.30. The van der Waals surface area contributed by atoms with E-state index in [1.165, 1.54) is 12.1 Å². The second kappa shape index (κ2) is 7.53. The standard InChI is InChI=1S/C20H15FN2O3/c1-2-11-26-16-9-7-14(8-10-16)12-18-19(24)23(20(25)22-18)13-15-5-3-4-6-17(15)21/h1,3-10,12H,11,13H2,(H,22,25). The highest BCUT2D eigenvalue weighted by Gasteiger charge is 2.33. The van der Waals surface area contributed by atoms with Crippen LogP contribution in [0.5, 0.6) is 5.75 Å². The minimum Gasteiger partial charge on any atom is -0.481 e. The highest BCUT2D eigenvalue weighted by atomic mass is 19.1. The molecule has 0 aliphatic carbocycles. The largest absolute Gasteiger partial charge is 0.481 e. The molecule has 1 aliphatic rings. The molecular weight excluding hydrogens is 335 g/mol. The van der Waals surface area contributed by atoms with Crippen LogP contribution in [0.15, 0.2) is 54.2 Å². The summed E-state index contributed by atoms with van der Waals surface area (Å²) in [7, 11) is 0. The number of nitrogens with one attached hydrogen (secondary N) is 1. The number of carbonyl (C=O) groups excluding carboxylic acids is 2. The van der Waals surface area contributed by atoms with Gasteiger partial charge in [-0.15, -0.1) is 6.42 Å². The SMILES string of the molecule is C#CCOc1ccc(C=C2NC(=O)N(Cc3ccccc3F)C2=O)cc1. The molecule has 0 aromatic heterocycles. The number of imide groups is 1. The molecule has 26 heavy (non-hydrogen) atoms. The maximum absolute atomic E-state index is 13.8. The van der Waals surface area contributed by atoms with Crippen molar-refractivity contribution >= 4 is 18.0 Å².